The van der Waals surface area contributed by atoms with E-state index >= 15 is 0 Å². The summed E-state index contributed by atoms with van der Waals surface area (Å²) >= 11 is 5.85. The Morgan fingerprint density at radius 1 is 1.11 bits per heavy atom. The van der Waals surface area contributed by atoms with Crippen LogP contribution in [0.1, 0.15) is 0 Å². The predicted octanol–water partition coefficient (Wildman–Crippen LogP) is 3.66. The third-order valence-electron chi connectivity index (χ3n) is 2.72. The summed E-state index contributed by atoms with van der Waals surface area (Å²) in [6.07, 6.45) is 1.69. The molecule has 2 aromatic carbocycles. The summed E-state index contributed by atoms with van der Waals surface area (Å²) in [4.78, 5) is 0. The van der Waals surface area contributed by atoms with Crippen LogP contribution in [-0.2, 0) is 0 Å². The van der Waals surface area contributed by atoms with E-state index in [-0.39, 0.29) is 0 Å². The summed E-state index contributed by atoms with van der Waals surface area (Å²) < 4.78 is 5.72. The van der Waals surface area contributed by atoms with Crippen LogP contribution >= 0.6 is 11.6 Å². The van der Waals surface area contributed by atoms with Gasteiger partial charge in [-0.2, -0.15) is 5.10 Å². The average molecular weight is 272 g/mol. The minimum absolute atomic E-state index is 0.423. The molecule has 1 heterocycles. The van der Waals surface area contributed by atoms with E-state index in [2.05, 4.69) is 10.2 Å². The molecule has 3 rings (SSSR count). The molecule has 0 amide bonds. The van der Waals surface area contributed by atoms with Crippen LogP contribution in [0.5, 0.6) is 11.6 Å². The lowest BCUT2D eigenvalue weighted by Crippen LogP contribution is -1.95. The van der Waals surface area contributed by atoms with E-state index < -0.39 is 0 Å². The van der Waals surface area contributed by atoms with Gasteiger partial charge in [0.1, 0.15) is 0 Å². The Hall–Kier alpha value is -2.33. The van der Waals surface area contributed by atoms with Gasteiger partial charge in [0.25, 0.3) is 0 Å². The molecule has 0 aliphatic heterocycles. The topological polar surface area (TPSA) is 61.0 Å². The third kappa shape index (κ3) is 2.30. The lowest BCUT2D eigenvalue weighted by Gasteiger charge is -2.09. The summed E-state index contributed by atoms with van der Waals surface area (Å²) in [6, 6.07) is 12.8. The highest BCUT2D eigenvalue weighted by Crippen LogP contribution is 2.31. The van der Waals surface area contributed by atoms with Gasteiger partial charge in [-0.3, -0.25) is 0 Å². The van der Waals surface area contributed by atoms with Gasteiger partial charge < -0.3 is 10.5 Å². The van der Waals surface area contributed by atoms with Crippen LogP contribution in [0, 0.1) is 0 Å². The maximum absolute atomic E-state index is 5.86. The van der Waals surface area contributed by atoms with Crippen LogP contribution in [0.25, 0.3) is 10.8 Å². The van der Waals surface area contributed by atoms with E-state index in [4.69, 9.17) is 22.1 Å². The van der Waals surface area contributed by atoms with Gasteiger partial charge in [0.15, 0.2) is 5.75 Å². The third-order valence-corrected chi connectivity index (χ3v) is 2.95. The van der Waals surface area contributed by atoms with Crippen molar-refractivity contribution < 1.29 is 4.74 Å². The highest BCUT2D eigenvalue weighted by Gasteiger charge is 2.08. The number of nitrogens with zero attached hydrogens (tertiary/aromatic N) is 2. The van der Waals surface area contributed by atoms with E-state index in [1.807, 2.05) is 24.3 Å². The van der Waals surface area contributed by atoms with E-state index in [0.717, 1.165) is 10.8 Å². The van der Waals surface area contributed by atoms with Crippen LogP contribution in [0.3, 0.4) is 0 Å². The normalized spacial score (nSPS) is 10.6. The number of nitrogen functional groups attached to an aromatic ring is 1. The van der Waals surface area contributed by atoms with Crippen molar-refractivity contribution in [1.82, 2.24) is 10.2 Å². The number of ether oxygens (including phenoxy) is 1. The van der Waals surface area contributed by atoms with E-state index in [0.29, 0.717) is 22.3 Å². The molecule has 3 aromatic rings. The van der Waals surface area contributed by atoms with Gasteiger partial charge in [0.2, 0.25) is 5.88 Å². The highest BCUT2D eigenvalue weighted by atomic mass is 35.5. The van der Waals surface area contributed by atoms with Gasteiger partial charge in [-0.25, -0.2) is 0 Å². The van der Waals surface area contributed by atoms with Crippen molar-refractivity contribution in [2.75, 3.05) is 5.73 Å². The second-order valence-corrected chi connectivity index (χ2v) is 4.46. The van der Waals surface area contributed by atoms with Crippen molar-refractivity contribution >= 4 is 28.1 Å². The Morgan fingerprint density at radius 2 is 1.95 bits per heavy atom. The first kappa shape index (κ1) is 11.7. The fraction of sp³-hybridized carbons (Fsp3) is 0. The van der Waals surface area contributed by atoms with Crippen molar-refractivity contribution in [3.63, 3.8) is 0 Å². The molecule has 94 valence electrons. The summed E-state index contributed by atoms with van der Waals surface area (Å²) in [6.45, 7) is 0. The van der Waals surface area contributed by atoms with Crippen LogP contribution < -0.4 is 10.5 Å². The van der Waals surface area contributed by atoms with Crippen LogP contribution in [-0.4, -0.2) is 10.2 Å². The molecule has 0 aliphatic rings. The largest absolute Gasteiger partial charge is 0.435 e. The monoisotopic (exact) mass is 271 g/mol. The van der Waals surface area contributed by atoms with Gasteiger partial charge in [-0.15, -0.1) is 5.10 Å². The van der Waals surface area contributed by atoms with Crippen LogP contribution in [0.2, 0.25) is 5.02 Å². The number of rotatable bonds is 2. The zero-order chi connectivity index (χ0) is 13.2. The molecule has 0 fully saturated rings. The van der Waals surface area contributed by atoms with Gasteiger partial charge in [-0.05, 0) is 24.3 Å². The molecule has 1 aromatic heterocycles. The molecule has 2 N–H and O–H groups in total. The summed E-state index contributed by atoms with van der Waals surface area (Å²) in [5.41, 5.74) is 6.32. The first-order valence-electron chi connectivity index (χ1n) is 5.67. The number of halogens is 1. The van der Waals surface area contributed by atoms with Crippen molar-refractivity contribution in [2.45, 2.75) is 0 Å². The van der Waals surface area contributed by atoms with Gasteiger partial charge in [0, 0.05) is 15.8 Å². The smallest absolute Gasteiger partial charge is 0.246 e. The highest BCUT2D eigenvalue weighted by molar-refractivity contribution is 6.30. The predicted molar refractivity (Wildman–Crippen MR) is 75.5 cm³/mol. The number of nitrogens with two attached hydrogens (primary N) is 1. The molecule has 0 radical (unpaired) electrons. The first-order chi connectivity index (χ1) is 9.24. The Balaban J connectivity index is 2.06. The molecular weight excluding hydrogens is 262 g/mol. The van der Waals surface area contributed by atoms with Gasteiger partial charge >= 0.3 is 0 Å². The first-order valence-corrected chi connectivity index (χ1v) is 6.05. The Labute approximate surface area is 114 Å². The zero-order valence-corrected chi connectivity index (χ0v) is 10.6. The van der Waals surface area contributed by atoms with Crippen molar-refractivity contribution in [2.24, 2.45) is 0 Å². The number of aromatic nitrogens is 2. The van der Waals surface area contributed by atoms with Crippen LogP contribution in [0.4, 0.5) is 5.69 Å². The van der Waals surface area contributed by atoms with E-state index in [1.54, 1.807) is 24.4 Å². The summed E-state index contributed by atoms with van der Waals surface area (Å²) in [5.74, 6) is 0.933. The lowest BCUT2D eigenvalue weighted by molar-refractivity contribution is 0.464. The van der Waals surface area contributed by atoms with Gasteiger partial charge in [-0.1, -0.05) is 29.8 Å². The molecule has 0 spiro atoms. The molecule has 0 aliphatic carbocycles. The number of anilines is 1. The fourth-order valence-electron chi connectivity index (χ4n) is 1.79. The maximum Gasteiger partial charge on any atom is 0.246 e. The molecule has 4 nitrogen and oxygen atoms in total. The molecule has 0 bridgehead atoms. The standard InChI is InChI=1S/C14H10ClN3O/c15-10-5-6-13(12(16)7-10)19-14-11-4-2-1-3-9(11)8-17-18-14/h1-8H,16H2. The summed E-state index contributed by atoms with van der Waals surface area (Å²) in [7, 11) is 0. The maximum atomic E-state index is 5.86. The minimum Gasteiger partial charge on any atom is -0.435 e. The molecular formula is C14H10ClN3O. The molecule has 0 atom stereocenters. The van der Waals surface area contributed by atoms with Crippen molar-refractivity contribution in [1.29, 1.82) is 0 Å². The molecule has 0 saturated carbocycles. The number of fused-ring (bicyclic) bond motifs is 1. The van der Waals surface area contributed by atoms with Crippen LogP contribution in [0.15, 0.2) is 48.7 Å². The minimum atomic E-state index is 0.423. The van der Waals surface area contributed by atoms with E-state index in [1.165, 1.54) is 0 Å². The zero-order valence-electron chi connectivity index (χ0n) is 9.88. The van der Waals surface area contributed by atoms with Gasteiger partial charge in [0.05, 0.1) is 11.9 Å². The molecule has 5 heteroatoms. The fourth-order valence-corrected chi connectivity index (χ4v) is 1.97. The number of hydrogen-bond acceptors (Lipinski definition) is 4. The van der Waals surface area contributed by atoms with E-state index in [9.17, 15) is 0 Å². The SMILES string of the molecule is Nc1cc(Cl)ccc1Oc1nncc2ccccc12. The van der Waals surface area contributed by atoms with Crippen molar-refractivity contribution in [3.05, 3.63) is 53.7 Å². The molecule has 0 saturated heterocycles. The Bertz CT molecular complexity index is 740. The molecule has 0 unspecified atom stereocenters. The summed E-state index contributed by atoms with van der Waals surface area (Å²) in [5, 5.41) is 10.3. The average Bonchev–Trinajstić information content (AvgIpc) is 2.42. The lowest BCUT2D eigenvalue weighted by atomic mass is 10.2. The molecule has 19 heavy (non-hydrogen) atoms. The Morgan fingerprint density at radius 3 is 2.79 bits per heavy atom. The second kappa shape index (κ2) is 4.74. The van der Waals surface area contributed by atoms with Crippen molar-refractivity contribution in [3.8, 4) is 11.6 Å². The second-order valence-electron chi connectivity index (χ2n) is 4.02. The Kier molecular flexibility index (Phi) is 2.93. The number of benzene rings is 2. The number of hydrogen-bond donors (Lipinski definition) is 1. The quantitative estimate of drug-likeness (QED) is 0.723.